The molecule has 5 saturated heterocycles. The molecular weight excluding hydrogens is 2400 g/mol. The number of rotatable bonds is 41. The topological polar surface area (TPSA) is 730 Å². The Labute approximate surface area is 884 Å². The second-order valence-corrected chi connectivity index (χ2v) is 46.3. The van der Waals surface area contributed by atoms with Crippen LogP contribution in [0.3, 0.4) is 0 Å². The van der Waals surface area contributed by atoms with Crippen LogP contribution in [0.15, 0.2) is 161 Å². The Bertz CT molecular complexity index is 6930. The van der Waals surface area contributed by atoms with Crippen LogP contribution in [0.25, 0.3) is 0 Å². The van der Waals surface area contributed by atoms with E-state index in [0.717, 1.165) is 0 Å². The molecule has 0 spiro atoms. The number of benzene rings is 5. The van der Waals surface area contributed by atoms with Gasteiger partial charge in [-0.15, -0.1) is 0 Å². The van der Waals surface area contributed by atoms with Gasteiger partial charge in [-0.05, 0) is 298 Å². The number of hydrogen-bond donors (Lipinski definition) is 19. The Hall–Kier alpha value is -10.7. The monoisotopic (exact) mass is 2500 g/mol. The highest BCUT2D eigenvalue weighted by molar-refractivity contribution is 9.11. The summed E-state index contributed by atoms with van der Waals surface area (Å²) in [6.07, 6.45) is 3.47. The highest BCUT2D eigenvalue weighted by atomic mass is 79.9. The molecule has 5 aromatic carbocycles. The highest BCUT2D eigenvalue weighted by Gasteiger charge is 2.41. The lowest BCUT2D eigenvalue weighted by Gasteiger charge is -2.39. The largest absolute Gasteiger partial charge is 0.365 e. The summed E-state index contributed by atoms with van der Waals surface area (Å²) >= 11 is 15.4. The lowest BCUT2D eigenvalue weighted by molar-refractivity contribution is 0.184. The maximum Gasteiger partial charge on any atom is 0.281 e. The number of amidine groups is 5. The molecule has 5 aliphatic heterocycles. The number of nitrogens with zero attached hydrogens (tertiary/aromatic N) is 21. The Balaban J connectivity index is 0.000000176. The second-order valence-electron chi connectivity index (χ2n) is 33.0. The van der Waals surface area contributed by atoms with E-state index in [1.165, 1.54) is 138 Å². The van der Waals surface area contributed by atoms with Crippen LogP contribution >= 0.6 is 79.6 Å². The molecule has 0 aliphatic carbocycles. The van der Waals surface area contributed by atoms with Crippen LogP contribution in [-0.2, 0) is 51.0 Å². The van der Waals surface area contributed by atoms with E-state index >= 15 is 0 Å². The third kappa shape index (κ3) is 32.9. The number of anilines is 5. The molecule has 5 fully saturated rings. The van der Waals surface area contributed by atoms with Crippen molar-refractivity contribution in [2.45, 2.75) is 58.9 Å². The van der Waals surface area contributed by atoms with Crippen LogP contribution in [0.2, 0.25) is 0 Å². The first kappa shape index (κ1) is 118. The van der Waals surface area contributed by atoms with E-state index in [1.54, 1.807) is 20.8 Å². The first-order valence-electron chi connectivity index (χ1n) is 44.1. The lowest BCUT2D eigenvalue weighted by atomic mass is 9.99. The Morgan fingerprint density at radius 3 is 0.804 bits per heavy atom. The first-order chi connectivity index (χ1) is 70.4. The minimum atomic E-state index is -3.63. The number of nitrogens with two attached hydrogens (primary N) is 1. The average molecular weight is 2500 g/mol. The summed E-state index contributed by atoms with van der Waals surface area (Å²) in [4.78, 5) is 20.9. The third-order valence-corrected chi connectivity index (χ3v) is 32.6. The summed E-state index contributed by atoms with van der Waals surface area (Å²) < 4.78 is 224. The van der Waals surface area contributed by atoms with Gasteiger partial charge in [-0.25, -0.2) is 84.6 Å². The number of halogens is 10. The Kier molecular flexibility index (Phi) is 43.2. The fraction of sp³-hybridized carbons (Fsp3) is 0.423. The van der Waals surface area contributed by atoms with Crippen LogP contribution < -0.4 is 73.3 Å². The maximum atomic E-state index is 13.4. The van der Waals surface area contributed by atoms with Crippen molar-refractivity contribution in [2.75, 3.05) is 152 Å². The summed E-state index contributed by atoms with van der Waals surface area (Å²) in [5.74, 6) is -0.102. The van der Waals surface area contributed by atoms with Crippen LogP contribution in [-0.4, -0.2) is 307 Å². The second kappa shape index (κ2) is 54.4. The van der Waals surface area contributed by atoms with Gasteiger partial charge >= 0.3 is 0 Å². The molecule has 55 nitrogen and oxygen atoms in total. The predicted octanol–water partition coefficient (Wildman–Crippen LogP) is 7.38. The van der Waals surface area contributed by atoms with Gasteiger partial charge in [0.1, 0.15) is 29.1 Å². The summed E-state index contributed by atoms with van der Waals surface area (Å²) in [5.41, 5.74) is 12.2. The molecule has 0 saturated carbocycles. The van der Waals surface area contributed by atoms with Crippen molar-refractivity contribution in [1.82, 2.24) is 119 Å². The van der Waals surface area contributed by atoms with E-state index < -0.39 is 80.1 Å². The molecule has 148 heavy (non-hydrogen) atoms. The molecule has 0 amide bonds. The van der Waals surface area contributed by atoms with Gasteiger partial charge in [0.05, 0.1) is 50.8 Å². The van der Waals surface area contributed by atoms with Gasteiger partial charge in [0.25, 0.3) is 51.0 Å². The summed E-state index contributed by atoms with van der Waals surface area (Å²) in [5, 5.41) is 105. The number of nitrogens with one attached hydrogen (secondary N) is 13. The maximum absolute atomic E-state index is 13.4. The smallest absolute Gasteiger partial charge is 0.281 e. The fourth-order valence-corrected chi connectivity index (χ4v) is 21.8. The minimum Gasteiger partial charge on any atom is -0.365 e. The van der Waals surface area contributed by atoms with Crippen LogP contribution in [0.5, 0.6) is 0 Å². The van der Waals surface area contributed by atoms with Gasteiger partial charge < -0.3 is 26.6 Å². The molecule has 10 heterocycles. The van der Waals surface area contributed by atoms with Gasteiger partial charge in [-0.1, -0.05) is 6.92 Å². The SMILES string of the molecule is CC(C)NS(=O)(=O)N1CC(CCNc2nonc2C(=Nc2ccc(F)c(Br)c2)NO)C1.CCNS(=O)(=O)N1CC(CCNc2nonc2C(=Nc2ccc(F)c(Br)c2)NO)C1.CN(C)S(=O)(=O)N1CC(CCNc2nonc2C(=Nc2ccc(F)c(Br)c2)NO)C1.CNS(=O)(=O)N1CC(CCNc2nonc2C(=Nc2ccc(F)c(Br)c2)NO)C1.NS(=O)(=O)N1CC(CCNc2nonc2C(=Nc2ccc(F)c(Br)c2)NO)C1. The van der Waals surface area contributed by atoms with Crippen molar-refractivity contribution >= 4 is 217 Å². The molecule has 0 radical (unpaired) electrons. The average Bonchev–Trinajstić information content (AvgIpc) is 1.31. The molecule has 5 aromatic heterocycles. The van der Waals surface area contributed by atoms with Crippen molar-refractivity contribution in [1.29, 1.82) is 0 Å². The normalized spacial score (nSPS) is 15.9. The lowest BCUT2D eigenvalue weighted by Crippen LogP contribution is -2.55. The van der Waals surface area contributed by atoms with Crippen molar-refractivity contribution in [2.24, 2.45) is 59.7 Å². The van der Waals surface area contributed by atoms with E-state index in [0.29, 0.717) is 165 Å². The van der Waals surface area contributed by atoms with Crippen molar-refractivity contribution in [3.05, 3.63) is 171 Å². The quantitative estimate of drug-likeness (QED) is 0.00768. The first-order valence-corrected chi connectivity index (χ1v) is 55.2. The van der Waals surface area contributed by atoms with Gasteiger partial charge in [0.15, 0.2) is 57.6 Å². The van der Waals surface area contributed by atoms with Crippen LogP contribution in [0, 0.1) is 58.7 Å². The minimum absolute atomic E-state index is 0.0378. The molecule has 0 atom stereocenters. The summed E-state index contributed by atoms with van der Waals surface area (Å²) in [6.45, 7) is 12.4. The van der Waals surface area contributed by atoms with Gasteiger partial charge in [-0.3, -0.25) is 53.4 Å². The molecule has 15 rings (SSSR count). The van der Waals surface area contributed by atoms with Gasteiger partial charge in [0.2, 0.25) is 29.1 Å². The van der Waals surface area contributed by atoms with Gasteiger partial charge in [0, 0.05) is 132 Å². The predicted molar refractivity (Wildman–Crippen MR) is 542 cm³/mol. The zero-order chi connectivity index (χ0) is 108. The molecule has 10 aromatic rings. The molecule has 5 aliphatic rings. The van der Waals surface area contributed by atoms with E-state index in [1.807, 2.05) is 27.4 Å². The Morgan fingerprint density at radius 2 is 0.601 bits per heavy atom. The van der Waals surface area contributed by atoms with E-state index in [2.05, 4.69) is 197 Å². The molecular formula is C78H101Br5F5N35O20S5. The number of hydroxylamine groups is 5. The number of aromatic nitrogens is 10. The third-order valence-electron chi connectivity index (χ3n) is 21.8. The fourth-order valence-electron chi connectivity index (χ4n) is 13.9. The zero-order valence-electron chi connectivity index (χ0n) is 78.6. The standard InChI is InChI=1S/C17H23BrFN7O4S.2C16H21BrFN7O4S.C15H19BrFN7O4S.C14H17BrFN7O4S/c1-10(2)25-31(28,29)26-8-11(9-26)5-6-20-16-15(23-30-24-16)17(22-27)21-12-3-4-14(19)13(18)7-12;1-24(2)30(27,28)25-8-10(9-25)5-6-19-15-14(22-29-23-15)16(21-26)20-11-3-4-13(18)12(17)7-11;1-2-20-30(27,28)25-8-10(9-25)5-6-19-15-14(23-29-24-15)16(22-26)21-11-3-4-13(18)12(17)7-11;1-18-29(26,27)24-7-9(8-24)4-5-19-14-13(22-28-23-14)15(21-25)20-10-2-3-12(17)11(16)6-10;15-10-5-9(1-2-11(10)16)19-14(20-24)12-13(22-27-21-12)18-4-3-8-6-23(7-8)28(17,25)26/h3-4,7,10-11,25,27H,5-6,8-9H2,1-2H3,(H,20,24)(H,21,22);3-4,7,10,26H,5-6,8-9H2,1-2H3,(H,19,23)(H,20,21);3-4,7,10,20,26H,2,5-6,8-9H2,1H3,(H,19,24)(H,21,22);2-3,6,9,18,25H,4-5,7-8H2,1H3,(H,19,23)(H,20,21);1-2,5,8,24H,3-4,6-7H2,(H,18,22)(H,19,20)(H2,17,25,26). The van der Waals surface area contributed by atoms with Crippen LogP contribution in [0.1, 0.15) is 81.3 Å². The molecule has 808 valence electrons. The zero-order valence-corrected chi connectivity index (χ0v) is 90.6. The summed E-state index contributed by atoms with van der Waals surface area (Å²) in [6, 6.07) is 20.3. The van der Waals surface area contributed by atoms with Crippen molar-refractivity contribution in [3.8, 4) is 0 Å². The van der Waals surface area contributed by atoms with E-state index in [9.17, 15) is 90.1 Å². The van der Waals surface area contributed by atoms with Crippen molar-refractivity contribution < 1.29 is 113 Å². The number of hydrogen-bond acceptors (Lipinski definition) is 40. The summed E-state index contributed by atoms with van der Waals surface area (Å²) in [7, 11) is -12.8. The molecule has 0 bridgehead atoms. The molecule has 70 heteroatoms. The number of aliphatic imine (C=N–C) groups is 5. The van der Waals surface area contributed by atoms with Crippen molar-refractivity contribution in [3.63, 3.8) is 0 Å². The van der Waals surface area contributed by atoms with Gasteiger partial charge in [-0.2, -0.15) is 72.6 Å². The molecule has 0 unspecified atom stereocenters. The van der Waals surface area contributed by atoms with E-state index in [-0.39, 0.29) is 145 Å². The van der Waals surface area contributed by atoms with Crippen LogP contribution in [0.4, 0.5) is 79.5 Å². The van der Waals surface area contributed by atoms with E-state index in [4.69, 9.17) is 28.3 Å². The highest BCUT2D eigenvalue weighted by Crippen LogP contribution is 2.34. The molecule has 20 N–H and O–H groups in total. The Morgan fingerprint density at radius 1 is 0.378 bits per heavy atom.